The number of rotatable bonds is 4. The maximum atomic E-state index is 13.9. The van der Waals surface area contributed by atoms with Gasteiger partial charge in [0.05, 0.1) is 11.1 Å². The van der Waals surface area contributed by atoms with Gasteiger partial charge in [-0.05, 0) is 19.0 Å². The largest absolute Gasteiger partial charge is 0.366 e. The summed E-state index contributed by atoms with van der Waals surface area (Å²) < 4.78 is 42.1. The Bertz CT molecular complexity index is 1120. The molecule has 2 fully saturated rings. The summed E-state index contributed by atoms with van der Waals surface area (Å²) in [5.41, 5.74) is 7.50. The van der Waals surface area contributed by atoms with Gasteiger partial charge in [-0.3, -0.25) is 9.89 Å². The highest BCUT2D eigenvalue weighted by Gasteiger charge is 2.57. The van der Waals surface area contributed by atoms with E-state index in [1.54, 1.807) is 4.52 Å². The fourth-order valence-corrected chi connectivity index (χ4v) is 4.52. The van der Waals surface area contributed by atoms with Crippen molar-refractivity contribution in [1.82, 2.24) is 19.5 Å². The lowest BCUT2D eigenvalue weighted by Gasteiger charge is -2.23. The van der Waals surface area contributed by atoms with E-state index in [1.165, 1.54) is 6.07 Å². The number of nitrogens with one attached hydrogen (secondary N) is 1. The van der Waals surface area contributed by atoms with Gasteiger partial charge in [-0.15, -0.1) is 0 Å². The topological polar surface area (TPSA) is 79.4 Å². The molecule has 2 atom stereocenters. The number of hydrogen-bond acceptors (Lipinski definition) is 3. The van der Waals surface area contributed by atoms with Gasteiger partial charge in [0.15, 0.2) is 5.65 Å². The summed E-state index contributed by atoms with van der Waals surface area (Å²) in [6.45, 7) is 3.86. The lowest BCUT2D eigenvalue weighted by atomic mass is 9.83. The fourth-order valence-electron chi connectivity index (χ4n) is 4.52. The van der Waals surface area contributed by atoms with Gasteiger partial charge in [0.1, 0.15) is 11.3 Å². The van der Waals surface area contributed by atoms with E-state index >= 15 is 0 Å². The van der Waals surface area contributed by atoms with E-state index in [9.17, 15) is 18.0 Å². The van der Waals surface area contributed by atoms with E-state index in [4.69, 9.17) is 5.73 Å². The molecule has 1 aliphatic carbocycles. The van der Waals surface area contributed by atoms with Crippen LogP contribution in [0.5, 0.6) is 0 Å². The Morgan fingerprint density at radius 3 is 2.86 bits per heavy atom. The summed E-state index contributed by atoms with van der Waals surface area (Å²) in [5.74, 6) is -4.37. The summed E-state index contributed by atoms with van der Waals surface area (Å²) in [7, 11) is 0. The molecular weight excluding hydrogens is 371 g/mol. The average Bonchev–Trinajstić information content (AvgIpc) is 3.01. The van der Waals surface area contributed by atoms with Crippen LogP contribution in [0.25, 0.3) is 16.7 Å². The first-order valence-corrected chi connectivity index (χ1v) is 9.27. The van der Waals surface area contributed by atoms with Gasteiger partial charge in [-0.25, -0.2) is 22.7 Å². The molecule has 5 rings (SSSR count). The maximum Gasteiger partial charge on any atom is 0.252 e. The molecule has 6 nitrogen and oxygen atoms in total. The molecule has 3 N–H and O–H groups in total. The number of imidazole rings is 1. The van der Waals surface area contributed by atoms with E-state index in [-0.39, 0.29) is 17.4 Å². The second kappa shape index (κ2) is 5.50. The summed E-state index contributed by atoms with van der Waals surface area (Å²) in [6.07, 6.45) is 2.60. The van der Waals surface area contributed by atoms with E-state index in [1.807, 2.05) is 6.20 Å². The quantitative estimate of drug-likeness (QED) is 0.718. The summed E-state index contributed by atoms with van der Waals surface area (Å²) in [5, 5.41) is 3.09. The number of H-pyrrole nitrogens is 1. The van der Waals surface area contributed by atoms with Gasteiger partial charge < -0.3 is 10.6 Å². The number of benzene rings is 1. The molecule has 148 valence electrons. The predicted molar refractivity (Wildman–Crippen MR) is 97.0 cm³/mol. The lowest BCUT2D eigenvalue weighted by Crippen LogP contribution is -2.30. The Balaban J connectivity index is 1.53. The smallest absolute Gasteiger partial charge is 0.252 e. The number of carbonyl (C=O) groups excluding carboxylic acids is 1. The van der Waals surface area contributed by atoms with Crippen molar-refractivity contribution >= 4 is 22.6 Å². The fraction of sp³-hybridized carbons (Fsp3) is 0.474. The van der Waals surface area contributed by atoms with Crippen LogP contribution in [-0.2, 0) is 5.41 Å². The van der Waals surface area contributed by atoms with Crippen molar-refractivity contribution in [1.29, 1.82) is 0 Å². The number of carbonyl (C=O) groups is 1. The number of nitrogens with two attached hydrogens (primary N) is 1. The molecule has 0 radical (unpaired) electrons. The van der Waals surface area contributed by atoms with Gasteiger partial charge in [0.25, 0.3) is 11.8 Å². The molecule has 1 saturated carbocycles. The highest BCUT2D eigenvalue weighted by Crippen LogP contribution is 2.50. The minimum atomic E-state index is -2.52. The number of nitrogens with zero attached hydrogens (tertiary/aromatic N) is 3. The summed E-state index contributed by atoms with van der Waals surface area (Å²) in [6, 6.07) is 2.37. The molecule has 2 unspecified atom stereocenters. The average molecular weight is 391 g/mol. The second-order valence-corrected chi connectivity index (χ2v) is 8.35. The van der Waals surface area contributed by atoms with Crippen molar-refractivity contribution in [3.8, 4) is 0 Å². The first-order chi connectivity index (χ1) is 13.2. The van der Waals surface area contributed by atoms with Crippen LogP contribution < -0.4 is 5.73 Å². The van der Waals surface area contributed by atoms with Crippen molar-refractivity contribution in [2.24, 2.45) is 11.7 Å². The molecule has 9 heteroatoms. The van der Waals surface area contributed by atoms with Crippen LogP contribution in [-0.4, -0.2) is 51.0 Å². The van der Waals surface area contributed by atoms with E-state index in [0.29, 0.717) is 29.8 Å². The van der Waals surface area contributed by atoms with Gasteiger partial charge in [0, 0.05) is 48.7 Å². The molecule has 3 aromatic rings. The van der Waals surface area contributed by atoms with Crippen molar-refractivity contribution < 1.29 is 18.0 Å². The monoisotopic (exact) mass is 391 g/mol. The predicted octanol–water partition coefficient (Wildman–Crippen LogP) is 2.67. The number of primary amides is 1. The SMILES string of the molecule is CC1(c2c[nH]n3c2nc2cc(F)cc(C(N)=O)c23)CCN(CC2CC2(F)F)C1. The van der Waals surface area contributed by atoms with Crippen molar-refractivity contribution in [3.63, 3.8) is 0 Å². The first kappa shape index (κ1) is 17.5. The normalized spacial score (nSPS) is 27.1. The van der Waals surface area contributed by atoms with Crippen molar-refractivity contribution in [2.75, 3.05) is 19.6 Å². The number of likely N-dealkylation sites (tertiary alicyclic amines) is 1. The number of halogens is 3. The minimum Gasteiger partial charge on any atom is -0.366 e. The zero-order chi connectivity index (χ0) is 19.8. The van der Waals surface area contributed by atoms with Crippen LogP contribution in [0.15, 0.2) is 18.3 Å². The first-order valence-electron chi connectivity index (χ1n) is 9.27. The second-order valence-electron chi connectivity index (χ2n) is 8.35. The number of hydrogen-bond donors (Lipinski definition) is 2. The molecule has 0 spiro atoms. The lowest BCUT2D eigenvalue weighted by molar-refractivity contribution is 0.0893. The van der Waals surface area contributed by atoms with E-state index < -0.39 is 23.6 Å². The molecule has 2 aromatic heterocycles. The zero-order valence-corrected chi connectivity index (χ0v) is 15.3. The number of fused-ring (bicyclic) bond motifs is 3. The molecule has 1 aliphatic heterocycles. The van der Waals surface area contributed by atoms with Gasteiger partial charge in [0.2, 0.25) is 0 Å². The third-order valence-electron chi connectivity index (χ3n) is 6.20. The van der Waals surface area contributed by atoms with Crippen LogP contribution >= 0.6 is 0 Å². The molecule has 1 amide bonds. The molecule has 0 bridgehead atoms. The van der Waals surface area contributed by atoms with Crippen LogP contribution in [0, 0.1) is 11.7 Å². The Labute approximate surface area is 158 Å². The van der Waals surface area contributed by atoms with Crippen molar-refractivity contribution in [3.05, 3.63) is 35.3 Å². The molecular formula is C19H20F3N5O. The highest BCUT2D eigenvalue weighted by molar-refractivity contribution is 6.05. The maximum absolute atomic E-state index is 13.9. The third-order valence-corrected chi connectivity index (χ3v) is 6.20. The molecule has 28 heavy (non-hydrogen) atoms. The van der Waals surface area contributed by atoms with Gasteiger partial charge in [-0.1, -0.05) is 6.92 Å². The van der Waals surface area contributed by atoms with E-state index in [0.717, 1.165) is 24.6 Å². The molecule has 3 heterocycles. The van der Waals surface area contributed by atoms with Gasteiger partial charge in [-0.2, -0.15) is 0 Å². The third kappa shape index (κ3) is 2.52. The van der Waals surface area contributed by atoms with Crippen molar-refractivity contribution in [2.45, 2.75) is 31.1 Å². The standard InChI is InChI=1S/C19H20F3N5O/c1-18(2-3-26(9-18)8-10-6-19(10,21)22)13-7-24-27-15-12(16(23)28)4-11(20)5-14(15)25-17(13)27/h4-5,7,10,24H,2-3,6,8-9H2,1H3,(H2,23,28). The van der Waals surface area contributed by atoms with Crippen LogP contribution in [0.3, 0.4) is 0 Å². The van der Waals surface area contributed by atoms with Crippen LogP contribution in [0.2, 0.25) is 0 Å². The summed E-state index contributed by atoms with van der Waals surface area (Å²) in [4.78, 5) is 18.4. The number of aromatic nitrogens is 3. The van der Waals surface area contributed by atoms with Crippen LogP contribution in [0.4, 0.5) is 13.2 Å². The molecule has 1 saturated heterocycles. The summed E-state index contributed by atoms with van der Waals surface area (Å²) >= 11 is 0. The minimum absolute atomic E-state index is 0.0261. The Hall–Kier alpha value is -2.55. The highest BCUT2D eigenvalue weighted by atomic mass is 19.3. The number of amides is 1. The molecule has 1 aromatic carbocycles. The Morgan fingerprint density at radius 2 is 2.18 bits per heavy atom. The van der Waals surface area contributed by atoms with Gasteiger partial charge >= 0.3 is 0 Å². The zero-order valence-electron chi connectivity index (χ0n) is 15.3. The molecule has 2 aliphatic rings. The van der Waals surface area contributed by atoms with Crippen LogP contribution in [0.1, 0.15) is 35.7 Å². The number of alkyl halides is 2. The Kier molecular flexibility index (Phi) is 3.44. The van der Waals surface area contributed by atoms with E-state index in [2.05, 4.69) is 21.9 Å². The Morgan fingerprint density at radius 1 is 1.43 bits per heavy atom. The number of aromatic amines is 1.